The van der Waals surface area contributed by atoms with Gasteiger partial charge in [-0.3, -0.25) is 0 Å². The van der Waals surface area contributed by atoms with Crippen molar-refractivity contribution in [2.24, 2.45) is 23.7 Å². The van der Waals surface area contributed by atoms with Crippen LogP contribution in [-0.2, 0) is 0 Å². The van der Waals surface area contributed by atoms with Gasteiger partial charge in [0.05, 0.1) is 0 Å². The van der Waals surface area contributed by atoms with Crippen molar-refractivity contribution in [3.63, 3.8) is 0 Å². The molecule has 72 valence electrons. The van der Waals surface area contributed by atoms with Crippen molar-refractivity contribution in [3.8, 4) is 0 Å². The monoisotopic (exact) mass is 177 g/mol. The van der Waals surface area contributed by atoms with Crippen molar-refractivity contribution in [2.45, 2.75) is 32.2 Å². The van der Waals surface area contributed by atoms with Gasteiger partial charge in [-0.15, -0.1) is 0 Å². The molecule has 0 spiro atoms. The summed E-state index contributed by atoms with van der Waals surface area (Å²) in [5.41, 5.74) is 0. The summed E-state index contributed by atoms with van der Waals surface area (Å²) < 4.78 is 0. The molecule has 2 saturated carbocycles. The van der Waals surface area contributed by atoms with Gasteiger partial charge in [0.15, 0.2) is 0 Å². The Morgan fingerprint density at radius 2 is 2.08 bits per heavy atom. The second-order valence-corrected chi connectivity index (χ2v) is 5.27. The van der Waals surface area contributed by atoms with Crippen molar-refractivity contribution in [1.29, 1.82) is 0 Å². The molecule has 0 aromatic heterocycles. The minimum absolute atomic E-state index is 0.864. The van der Waals surface area contributed by atoms with E-state index in [2.05, 4.69) is 24.4 Å². The lowest BCUT2D eigenvalue weighted by Crippen LogP contribution is -2.27. The first-order valence-corrected chi connectivity index (χ1v) is 5.74. The molecule has 3 unspecified atom stereocenters. The minimum atomic E-state index is 0.864. The third kappa shape index (κ3) is 1.43. The molecule has 0 heterocycles. The predicted molar refractivity (Wildman–Crippen MR) is 54.4 cm³/mol. The van der Waals surface area contributed by atoms with E-state index >= 15 is 0 Å². The van der Waals surface area contributed by atoms with Crippen molar-refractivity contribution in [1.82, 2.24) is 5.32 Å². The Hall–Kier alpha value is -0.300. The van der Waals surface area contributed by atoms with E-state index < -0.39 is 0 Å². The van der Waals surface area contributed by atoms with Gasteiger partial charge in [-0.25, -0.2) is 0 Å². The van der Waals surface area contributed by atoms with Gasteiger partial charge in [0.2, 0.25) is 0 Å². The van der Waals surface area contributed by atoms with E-state index in [9.17, 15) is 0 Å². The quantitative estimate of drug-likeness (QED) is 0.652. The molecule has 1 nitrogen and oxygen atoms in total. The molecule has 3 aliphatic rings. The molecule has 2 bridgehead atoms. The summed E-state index contributed by atoms with van der Waals surface area (Å²) in [5, 5.41) is 3.70. The van der Waals surface area contributed by atoms with Crippen LogP contribution in [0.2, 0.25) is 0 Å². The Balaban J connectivity index is 1.49. The van der Waals surface area contributed by atoms with Crippen LogP contribution in [0, 0.1) is 23.7 Å². The average Bonchev–Trinajstić information content (AvgIpc) is 2.60. The van der Waals surface area contributed by atoms with Crippen LogP contribution in [0.1, 0.15) is 26.2 Å². The van der Waals surface area contributed by atoms with Crippen LogP contribution >= 0.6 is 0 Å². The van der Waals surface area contributed by atoms with Gasteiger partial charge >= 0.3 is 0 Å². The van der Waals surface area contributed by atoms with E-state index in [-0.39, 0.29) is 0 Å². The molecule has 0 amide bonds. The fraction of sp³-hybridized carbons (Fsp3) is 0.833. The van der Waals surface area contributed by atoms with E-state index in [1.165, 1.54) is 25.8 Å². The van der Waals surface area contributed by atoms with Gasteiger partial charge in [-0.05, 0) is 49.5 Å². The van der Waals surface area contributed by atoms with Crippen LogP contribution in [0.3, 0.4) is 0 Å². The third-order valence-electron chi connectivity index (χ3n) is 4.17. The standard InChI is InChI=1S/C12H19N/c1-8-4-12(8)13-7-11-6-9-2-3-10(11)5-9/h2-3,8-13H,4-7H2,1H3/t8-,9?,10?,11?,12-/m1/s1. The maximum Gasteiger partial charge on any atom is 0.00965 e. The van der Waals surface area contributed by atoms with Crippen molar-refractivity contribution < 1.29 is 0 Å². The van der Waals surface area contributed by atoms with E-state index in [0.717, 1.165) is 29.7 Å². The molecule has 13 heavy (non-hydrogen) atoms. The lowest BCUT2D eigenvalue weighted by Gasteiger charge is -2.18. The zero-order valence-corrected chi connectivity index (χ0v) is 8.37. The normalized spacial score (nSPS) is 51.6. The molecule has 1 N–H and O–H groups in total. The molecular formula is C12H19N. The van der Waals surface area contributed by atoms with Gasteiger partial charge in [-0.2, -0.15) is 0 Å². The minimum Gasteiger partial charge on any atom is -0.313 e. The molecule has 2 fully saturated rings. The third-order valence-corrected chi connectivity index (χ3v) is 4.17. The number of fused-ring (bicyclic) bond motifs is 2. The van der Waals surface area contributed by atoms with Crippen LogP contribution in [0.5, 0.6) is 0 Å². The van der Waals surface area contributed by atoms with Crippen molar-refractivity contribution in [2.75, 3.05) is 6.54 Å². The number of hydrogen-bond donors (Lipinski definition) is 1. The Kier molecular flexibility index (Phi) is 1.76. The SMILES string of the molecule is C[C@@H]1C[C@H]1NCC1CC2C=CC1C2. The molecule has 3 aliphatic carbocycles. The maximum absolute atomic E-state index is 3.70. The zero-order chi connectivity index (χ0) is 8.84. The highest BCUT2D eigenvalue weighted by Crippen LogP contribution is 2.43. The molecule has 0 radical (unpaired) electrons. The summed E-state index contributed by atoms with van der Waals surface area (Å²) in [5.74, 6) is 3.77. The van der Waals surface area contributed by atoms with Crippen LogP contribution in [0.25, 0.3) is 0 Å². The summed E-state index contributed by atoms with van der Waals surface area (Å²) in [6.07, 6.45) is 9.20. The summed E-state index contributed by atoms with van der Waals surface area (Å²) >= 11 is 0. The predicted octanol–water partition coefficient (Wildman–Crippen LogP) is 2.20. The molecular weight excluding hydrogens is 158 g/mol. The fourth-order valence-electron chi connectivity index (χ4n) is 3.04. The Labute approximate surface area is 80.6 Å². The fourth-order valence-corrected chi connectivity index (χ4v) is 3.04. The lowest BCUT2D eigenvalue weighted by atomic mass is 9.93. The van der Waals surface area contributed by atoms with Crippen molar-refractivity contribution >= 4 is 0 Å². The van der Waals surface area contributed by atoms with E-state index in [0.29, 0.717) is 0 Å². The highest BCUT2D eigenvalue weighted by atomic mass is 15.0. The summed E-state index contributed by atoms with van der Waals surface area (Å²) in [6.45, 7) is 3.62. The van der Waals surface area contributed by atoms with Crippen molar-refractivity contribution in [3.05, 3.63) is 12.2 Å². The summed E-state index contributed by atoms with van der Waals surface area (Å²) in [7, 11) is 0. The molecule has 0 aromatic rings. The van der Waals surface area contributed by atoms with E-state index in [1.54, 1.807) is 0 Å². The summed E-state index contributed by atoms with van der Waals surface area (Å²) in [4.78, 5) is 0. The summed E-state index contributed by atoms with van der Waals surface area (Å²) in [6, 6.07) is 0.864. The van der Waals surface area contributed by atoms with Gasteiger partial charge in [0.1, 0.15) is 0 Å². The number of rotatable bonds is 3. The highest BCUT2D eigenvalue weighted by molar-refractivity contribution is 5.10. The first-order valence-electron chi connectivity index (χ1n) is 5.74. The molecule has 3 rings (SSSR count). The number of nitrogens with one attached hydrogen (secondary N) is 1. The van der Waals surface area contributed by atoms with Gasteiger partial charge in [0.25, 0.3) is 0 Å². The first kappa shape index (κ1) is 8.05. The second-order valence-electron chi connectivity index (χ2n) is 5.27. The Morgan fingerprint density at radius 3 is 2.62 bits per heavy atom. The van der Waals surface area contributed by atoms with Gasteiger partial charge < -0.3 is 5.32 Å². The second kappa shape index (κ2) is 2.84. The Bertz CT molecular complexity index is 233. The van der Waals surface area contributed by atoms with Crippen LogP contribution in [-0.4, -0.2) is 12.6 Å². The Morgan fingerprint density at radius 1 is 1.23 bits per heavy atom. The number of allylic oxidation sites excluding steroid dienone is 2. The smallest absolute Gasteiger partial charge is 0.00965 e. The van der Waals surface area contributed by atoms with Crippen LogP contribution in [0.4, 0.5) is 0 Å². The van der Waals surface area contributed by atoms with Gasteiger partial charge in [-0.1, -0.05) is 19.1 Å². The molecule has 1 heteroatoms. The van der Waals surface area contributed by atoms with E-state index in [4.69, 9.17) is 0 Å². The lowest BCUT2D eigenvalue weighted by molar-refractivity contribution is 0.410. The van der Waals surface area contributed by atoms with E-state index in [1.807, 2.05) is 0 Å². The van der Waals surface area contributed by atoms with Gasteiger partial charge in [0, 0.05) is 6.04 Å². The topological polar surface area (TPSA) is 12.0 Å². The zero-order valence-electron chi connectivity index (χ0n) is 8.37. The molecule has 5 atom stereocenters. The first-order chi connectivity index (χ1) is 6.33. The molecule has 0 aliphatic heterocycles. The highest BCUT2D eigenvalue weighted by Gasteiger charge is 2.37. The maximum atomic E-state index is 3.70. The molecule has 0 aromatic carbocycles. The average molecular weight is 177 g/mol. The van der Waals surface area contributed by atoms with Crippen LogP contribution < -0.4 is 5.32 Å². The number of hydrogen-bond acceptors (Lipinski definition) is 1. The molecule has 0 saturated heterocycles. The van der Waals surface area contributed by atoms with Crippen LogP contribution in [0.15, 0.2) is 12.2 Å². The largest absolute Gasteiger partial charge is 0.313 e.